The molecule has 0 spiro atoms. The maximum Gasteiger partial charge on any atom is 0.238 e. The first-order valence-electron chi connectivity index (χ1n) is 5.11. The molecule has 1 unspecified atom stereocenters. The molecule has 18 heavy (non-hydrogen) atoms. The minimum atomic E-state index is -1.04. The van der Waals surface area contributed by atoms with Gasteiger partial charge in [-0.05, 0) is 18.2 Å². The highest BCUT2D eigenvalue weighted by atomic mass is 35.5. The van der Waals surface area contributed by atoms with Crippen molar-refractivity contribution in [2.45, 2.75) is 6.10 Å². The van der Waals surface area contributed by atoms with E-state index in [1.165, 1.54) is 19.5 Å². The fourth-order valence-corrected chi connectivity index (χ4v) is 1.95. The topological polar surface area (TPSA) is 55.2 Å². The summed E-state index contributed by atoms with van der Waals surface area (Å²) in [5.41, 5.74) is 0.757. The van der Waals surface area contributed by atoms with Gasteiger partial charge >= 0.3 is 0 Å². The van der Waals surface area contributed by atoms with Crippen LogP contribution in [-0.2, 0) is 0 Å². The molecule has 0 radical (unpaired) electrons. The van der Waals surface area contributed by atoms with Crippen LogP contribution in [0.4, 0.5) is 0 Å². The number of benzene rings is 1. The van der Waals surface area contributed by atoms with Gasteiger partial charge in [0, 0.05) is 28.0 Å². The maximum absolute atomic E-state index is 10.3. The van der Waals surface area contributed by atoms with Gasteiger partial charge in [-0.15, -0.1) is 0 Å². The Morgan fingerprint density at radius 3 is 2.67 bits per heavy atom. The van der Waals surface area contributed by atoms with E-state index in [4.69, 9.17) is 27.9 Å². The predicted octanol–water partition coefficient (Wildman–Crippen LogP) is 2.87. The molecule has 0 aliphatic rings. The Morgan fingerprint density at radius 2 is 1.94 bits per heavy atom. The largest absolute Gasteiger partial charge is 0.480 e. The molecule has 1 atom stereocenters. The molecule has 0 saturated carbocycles. The monoisotopic (exact) mass is 284 g/mol. The summed E-state index contributed by atoms with van der Waals surface area (Å²) in [6, 6.07) is 4.85. The van der Waals surface area contributed by atoms with E-state index in [2.05, 4.69) is 9.97 Å². The average Bonchev–Trinajstić information content (AvgIpc) is 2.40. The Morgan fingerprint density at radius 1 is 1.22 bits per heavy atom. The molecule has 1 N–H and O–H groups in total. The van der Waals surface area contributed by atoms with Crippen LogP contribution >= 0.6 is 23.2 Å². The maximum atomic E-state index is 10.3. The van der Waals surface area contributed by atoms with Crippen molar-refractivity contribution in [2.75, 3.05) is 7.11 Å². The minimum Gasteiger partial charge on any atom is -0.480 e. The van der Waals surface area contributed by atoms with Crippen molar-refractivity contribution >= 4 is 23.2 Å². The van der Waals surface area contributed by atoms with Crippen molar-refractivity contribution in [3.63, 3.8) is 0 Å². The van der Waals surface area contributed by atoms with Gasteiger partial charge in [0.25, 0.3) is 0 Å². The molecule has 0 aliphatic heterocycles. The molecule has 4 nitrogen and oxygen atoms in total. The van der Waals surface area contributed by atoms with Crippen LogP contribution in [-0.4, -0.2) is 22.2 Å². The lowest BCUT2D eigenvalue weighted by molar-refractivity contribution is 0.207. The number of rotatable bonds is 3. The SMILES string of the molecule is COc1nccnc1C(O)c1cc(Cl)ccc1Cl. The molecule has 6 heteroatoms. The standard InChI is InChI=1S/C12H10Cl2N2O2/c1-18-12-10(15-4-5-16-12)11(17)8-6-7(13)2-3-9(8)14/h2-6,11,17H,1H3. The van der Waals surface area contributed by atoms with Crippen LogP contribution < -0.4 is 4.74 Å². The summed E-state index contributed by atoms with van der Waals surface area (Å²) in [7, 11) is 1.46. The number of methoxy groups -OCH3 is 1. The second-order valence-corrected chi connectivity index (χ2v) is 4.36. The first-order chi connectivity index (χ1) is 8.63. The number of hydrogen-bond acceptors (Lipinski definition) is 4. The highest BCUT2D eigenvalue weighted by molar-refractivity contribution is 6.33. The van der Waals surface area contributed by atoms with E-state index in [-0.39, 0.29) is 5.88 Å². The number of aromatic nitrogens is 2. The quantitative estimate of drug-likeness (QED) is 0.942. The molecule has 1 aromatic carbocycles. The van der Waals surface area contributed by atoms with Crippen molar-refractivity contribution in [3.8, 4) is 5.88 Å². The van der Waals surface area contributed by atoms with Crippen LogP contribution in [0.25, 0.3) is 0 Å². The normalized spacial score (nSPS) is 12.2. The van der Waals surface area contributed by atoms with Crippen LogP contribution in [0.2, 0.25) is 10.0 Å². The van der Waals surface area contributed by atoms with Gasteiger partial charge in [-0.1, -0.05) is 23.2 Å². The van der Waals surface area contributed by atoms with Crippen LogP contribution in [0.1, 0.15) is 17.4 Å². The van der Waals surface area contributed by atoms with Gasteiger partial charge in [0.15, 0.2) is 0 Å². The van der Waals surface area contributed by atoms with Crippen LogP contribution in [0.3, 0.4) is 0 Å². The third kappa shape index (κ3) is 2.56. The molecule has 0 bridgehead atoms. The summed E-state index contributed by atoms with van der Waals surface area (Å²) in [6.07, 6.45) is 1.91. The highest BCUT2D eigenvalue weighted by Gasteiger charge is 2.20. The summed E-state index contributed by atoms with van der Waals surface area (Å²) in [4.78, 5) is 8.03. The van der Waals surface area contributed by atoms with Crippen molar-refractivity contribution in [2.24, 2.45) is 0 Å². The van der Waals surface area contributed by atoms with Gasteiger partial charge in [-0.25, -0.2) is 4.98 Å². The molecular weight excluding hydrogens is 275 g/mol. The van der Waals surface area contributed by atoms with Crippen molar-refractivity contribution in [3.05, 3.63) is 51.9 Å². The Hall–Kier alpha value is -1.36. The van der Waals surface area contributed by atoms with Gasteiger partial charge in [0.1, 0.15) is 11.8 Å². The number of aliphatic hydroxyl groups excluding tert-OH is 1. The zero-order valence-corrected chi connectivity index (χ0v) is 11.0. The van der Waals surface area contributed by atoms with E-state index in [1.807, 2.05) is 0 Å². The first-order valence-corrected chi connectivity index (χ1v) is 5.87. The minimum absolute atomic E-state index is 0.251. The Kier molecular flexibility index (Phi) is 4.01. The number of halogens is 2. The lowest BCUT2D eigenvalue weighted by atomic mass is 10.1. The smallest absolute Gasteiger partial charge is 0.238 e. The van der Waals surface area contributed by atoms with E-state index in [0.717, 1.165) is 0 Å². The third-order valence-electron chi connectivity index (χ3n) is 2.40. The predicted molar refractivity (Wildman–Crippen MR) is 69.1 cm³/mol. The highest BCUT2D eigenvalue weighted by Crippen LogP contribution is 2.32. The molecule has 1 aromatic heterocycles. The molecule has 1 heterocycles. The summed E-state index contributed by atoms with van der Waals surface area (Å²) in [5, 5.41) is 11.2. The number of ether oxygens (including phenoxy) is 1. The zero-order chi connectivity index (χ0) is 13.1. The van der Waals surface area contributed by atoms with Gasteiger partial charge in [-0.3, -0.25) is 4.98 Å². The lowest BCUT2D eigenvalue weighted by Crippen LogP contribution is -2.06. The second kappa shape index (κ2) is 5.52. The zero-order valence-electron chi connectivity index (χ0n) is 9.47. The molecule has 2 aromatic rings. The fraction of sp³-hybridized carbons (Fsp3) is 0.167. The van der Waals surface area contributed by atoms with Crippen molar-refractivity contribution in [1.29, 1.82) is 0 Å². The van der Waals surface area contributed by atoms with E-state index in [1.54, 1.807) is 18.2 Å². The van der Waals surface area contributed by atoms with Crippen molar-refractivity contribution in [1.82, 2.24) is 9.97 Å². The lowest BCUT2D eigenvalue weighted by Gasteiger charge is -2.14. The van der Waals surface area contributed by atoms with Crippen LogP contribution in [0.5, 0.6) is 5.88 Å². The van der Waals surface area contributed by atoms with Crippen LogP contribution in [0, 0.1) is 0 Å². The average molecular weight is 285 g/mol. The number of hydrogen-bond donors (Lipinski definition) is 1. The van der Waals surface area contributed by atoms with E-state index in [9.17, 15) is 5.11 Å². The van der Waals surface area contributed by atoms with E-state index >= 15 is 0 Å². The third-order valence-corrected chi connectivity index (χ3v) is 2.98. The molecule has 0 amide bonds. The van der Waals surface area contributed by atoms with Gasteiger partial charge in [-0.2, -0.15) is 0 Å². The summed E-state index contributed by atoms with van der Waals surface area (Å²) < 4.78 is 5.05. The summed E-state index contributed by atoms with van der Waals surface area (Å²) in [6.45, 7) is 0. The van der Waals surface area contributed by atoms with Crippen LogP contribution in [0.15, 0.2) is 30.6 Å². The molecule has 0 saturated heterocycles. The van der Waals surface area contributed by atoms with Gasteiger partial charge < -0.3 is 9.84 Å². The van der Waals surface area contributed by atoms with Gasteiger partial charge in [0.2, 0.25) is 5.88 Å². The second-order valence-electron chi connectivity index (χ2n) is 3.52. The molecular formula is C12H10Cl2N2O2. The first kappa shape index (κ1) is 13.1. The Balaban J connectivity index is 2.47. The Bertz CT molecular complexity index is 564. The number of nitrogens with zero attached hydrogens (tertiary/aromatic N) is 2. The molecule has 2 rings (SSSR count). The fourth-order valence-electron chi connectivity index (χ4n) is 1.55. The number of aliphatic hydroxyl groups is 1. The summed E-state index contributed by atoms with van der Waals surface area (Å²) >= 11 is 11.9. The van der Waals surface area contributed by atoms with Gasteiger partial charge in [0.05, 0.1) is 7.11 Å². The molecule has 94 valence electrons. The summed E-state index contributed by atoms with van der Waals surface area (Å²) in [5.74, 6) is 0.251. The molecule has 0 aliphatic carbocycles. The van der Waals surface area contributed by atoms with E-state index < -0.39 is 6.10 Å². The molecule has 0 fully saturated rings. The Labute approximate surface area is 114 Å². The van der Waals surface area contributed by atoms with Crippen molar-refractivity contribution < 1.29 is 9.84 Å². The van der Waals surface area contributed by atoms with E-state index in [0.29, 0.717) is 21.3 Å².